The summed E-state index contributed by atoms with van der Waals surface area (Å²) < 4.78 is 23.3. The Bertz CT molecular complexity index is 1190. The molecule has 2 unspecified atom stereocenters. The van der Waals surface area contributed by atoms with Gasteiger partial charge in [-0.1, -0.05) is 13.8 Å². The second-order valence-electron chi connectivity index (χ2n) is 10.5. The standard InChI is InChI=1S/C28H33NO7/c1-15(2)9-21(30)20-7-8-22-24(26(20)33-4)27(31)34-14-18-10-16(3)11-23(25(18)35-22)36-28(32)29-13-17-5-6-19(29)12-17/h7-8,10-11,15,17,19,21,30H,5-6,9,12-14H2,1-4H3/t17?,19?,21-/m0/s1. The van der Waals surface area contributed by atoms with Crippen LogP contribution in [0.25, 0.3) is 0 Å². The fourth-order valence-corrected chi connectivity index (χ4v) is 5.65. The molecule has 2 aliphatic heterocycles. The molecule has 0 spiro atoms. The molecule has 1 saturated carbocycles. The summed E-state index contributed by atoms with van der Waals surface area (Å²) in [6, 6.07) is 7.15. The lowest BCUT2D eigenvalue weighted by atomic mass is 9.96. The van der Waals surface area contributed by atoms with Crippen LogP contribution in [0.3, 0.4) is 0 Å². The molecule has 1 N–H and O–H groups in total. The lowest BCUT2D eigenvalue weighted by molar-refractivity contribution is 0.0453. The Balaban J connectivity index is 1.51. The van der Waals surface area contributed by atoms with Crippen molar-refractivity contribution in [3.8, 4) is 23.0 Å². The maximum Gasteiger partial charge on any atom is 0.415 e. The predicted molar refractivity (Wildman–Crippen MR) is 132 cm³/mol. The van der Waals surface area contributed by atoms with Gasteiger partial charge in [0.1, 0.15) is 23.7 Å². The number of piperidine rings is 1. The van der Waals surface area contributed by atoms with Gasteiger partial charge in [0.25, 0.3) is 0 Å². The number of hydrogen-bond acceptors (Lipinski definition) is 7. The summed E-state index contributed by atoms with van der Waals surface area (Å²) in [5, 5.41) is 10.8. The fourth-order valence-electron chi connectivity index (χ4n) is 5.65. The van der Waals surface area contributed by atoms with Crippen molar-refractivity contribution in [3.63, 3.8) is 0 Å². The molecule has 1 amide bonds. The van der Waals surface area contributed by atoms with E-state index >= 15 is 0 Å². The van der Waals surface area contributed by atoms with Crippen molar-refractivity contribution in [1.29, 1.82) is 0 Å². The summed E-state index contributed by atoms with van der Waals surface area (Å²) in [4.78, 5) is 28.0. The van der Waals surface area contributed by atoms with E-state index in [4.69, 9.17) is 18.9 Å². The maximum absolute atomic E-state index is 13.1. The maximum atomic E-state index is 13.1. The molecule has 3 atom stereocenters. The SMILES string of the molecule is COc1c([C@@H](O)CC(C)C)ccc2c1C(=O)OCc1cc(C)cc(OC(=O)N3CC4CCC3C4)c1O2. The highest BCUT2D eigenvalue weighted by molar-refractivity contribution is 5.96. The van der Waals surface area contributed by atoms with Crippen LogP contribution in [0.1, 0.15) is 72.7 Å². The molecule has 8 heteroatoms. The number of carbonyl (C=O) groups is 2. The lowest BCUT2D eigenvalue weighted by Crippen LogP contribution is -2.39. The number of rotatable bonds is 5. The van der Waals surface area contributed by atoms with Gasteiger partial charge < -0.3 is 29.0 Å². The number of benzene rings is 2. The van der Waals surface area contributed by atoms with Crippen molar-refractivity contribution in [2.24, 2.45) is 11.8 Å². The molecular formula is C28H33NO7. The second kappa shape index (κ2) is 9.65. The summed E-state index contributed by atoms with van der Waals surface area (Å²) in [5.74, 6) is 1.21. The average Bonchev–Trinajstić information content (AvgIpc) is 3.46. The van der Waals surface area contributed by atoms with Gasteiger partial charge in [-0.3, -0.25) is 0 Å². The molecule has 0 aromatic heterocycles. The first kappa shape index (κ1) is 24.4. The predicted octanol–water partition coefficient (Wildman–Crippen LogP) is 5.53. The van der Waals surface area contributed by atoms with E-state index in [1.807, 2.05) is 31.7 Å². The van der Waals surface area contributed by atoms with Crippen LogP contribution in [0, 0.1) is 18.8 Å². The first-order chi connectivity index (χ1) is 17.2. The minimum Gasteiger partial charge on any atom is -0.495 e. The van der Waals surface area contributed by atoms with Crippen molar-refractivity contribution in [2.75, 3.05) is 13.7 Å². The van der Waals surface area contributed by atoms with E-state index in [0.29, 0.717) is 29.2 Å². The number of cyclic esters (lactones) is 1. The van der Waals surface area contributed by atoms with E-state index in [9.17, 15) is 14.7 Å². The van der Waals surface area contributed by atoms with Gasteiger partial charge in [0, 0.05) is 23.7 Å². The van der Waals surface area contributed by atoms with Gasteiger partial charge in [0.2, 0.25) is 0 Å². The van der Waals surface area contributed by atoms with Crippen LogP contribution in [0.4, 0.5) is 4.79 Å². The van der Waals surface area contributed by atoms with Crippen LogP contribution < -0.4 is 14.2 Å². The fraction of sp³-hybridized carbons (Fsp3) is 0.500. The van der Waals surface area contributed by atoms with Gasteiger partial charge in [-0.15, -0.1) is 0 Å². The molecular weight excluding hydrogens is 462 g/mol. The summed E-state index contributed by atoms with van der Waals surface area (Å²) in [7, 11) is 1.45. The van der Waals surface area contributed by atoms with Gasteiger partial charge in [-0.05, 0) is 74.3 Å². The van der Waals surface area contributed by atoms with Gasteiger partial charge in [0.15, 0.2) is 11.5 Å². The highest BCUT2D eigenvalue weighted by Crippen LogP contribution is 2.45. The smallest absolute Gasteiger partial charge is 0.415 e. The van der Waals surface area contributed by atoms with Crippen molar-refractivity contribution in [2.45, 2.75) is 65.2 Å². The zero-order valence-electron chi connectivity index (χ0n) is 21.2. The number of nitrogens with zero attached hydrogens (tertiary/aromatic N) is 1. The first-order valence-corrected chi connectivity index (χ1v) is 12.6. The number of amides is 1. The van der Waals surface area contributed by atoms with E-state index < -0.39 is 12.1 Å². The summed E-state index contributed by atoms with van der Waals surface area (Å²) in [6.07, 6.45) is 2.51. The molecule has 2 fully saturated rings. The average molecular weight is 496 g/mol. The number of likely N-dealkylation sites (tertiary alicyclic amines) is 1. The normalized spacial score (nSPS) is 21.2. The Morgan fingerprint density at radius 2 is 2.06 bits per heavy atom. The van der Waals surface area contributed by atoms with Crippen molar-refractivity contribution in [3.05, 3.63) is 46.5 Å². The highest BCUT2D eigenvalue weighted by atomic mass is 16.6. The number of aryl methyl sites for hydroxylation is 1. The number of carbonyl (C=O) groups excluding carboxylic acids is 2. The number of methoxy groups -OCH3 is 1. The molecule has 1 saturated heterocycles. The Morgan fingerprint density at radius 3 is 2.72 bits per heavy atom. The zero-order valence-corrected chi connectivity index (χ0v) is 21.2. The summed E-state index contributed by atoms with van der Waals surface area (Å²) in [6.45, 7) is 6.56. The quantitative estimate of drug-likeness (QED) is 0.545. The van der Waals surface area contributed by atoms with Crippen LogP contribution in [0.5, 0.6) is 23.0 Å². The van der Waals surface area contributed by atoms with Crippen LogP contribution >= 0.6 is 0 Å². The lowest BCUT2D eigenvalue weighted by Gasteiger charge is -2.27. The highest BCUT2D eigenvalue weighted by Gasteiger charge is 2.41. The van der Waals surface area contributed by atoms with E-state index in [-0.39, 0.29) is 47.5 Å². The van der Waals surface area contributed by atoms with Gasteiger partial charge in [-0.2, -0.15) is 0 Å². The minimum absolute atomic E-state index is 0.0593. The number of aliphatic hydroxyl groups is 1. The zero-order chi connectivity index (χ0) is 25.6. The molecule has 5 rings (SSSR count). The third-order valence-corrected chi connectivity index (χ3v) is 7.30. The van der Waals surface area contributed by atoms with Crippen molar-refractivity contribution < 1.29 is 33.6 Å². The molecule has 0 radical (unpaired) electrons. The number of aliphatic hydroxyl groups excluding tert-OH is 1. The molecule has 3 aliphatic rings. The topological polar surface area (TPSA) is 94.5 Å². The van der Waals surface area contributed by atoms with Gasteiger partial charge in [-0.25, -0.2) is 9.59 Å². The van der Waals surface area contributed by atoms with Crippen LogP contribution in [0.15, 0.2) is 24.3 Å². The molecule has 2 aromatic carbocycles. The van der Waals surface area contributed by atoms with Crippen molar-refractivity contribution in [1.82, 2.24) is 4.90 Å². The molecule has 2 bridgehead atoms. The van der Waals surface area contributed by atoms with Crippen LogP contribution in [-0.4, -0.2) is 41.8 Å². The second-order valence-corrected chi connectivity index (χ2v) is 10.5. The van der Waals surface area contributed by atoms with Gasteiger partial charge in [0.05, 0.1) is 13.2 Å². The van der Waals surface area contributed by atoms with E-state index in [2.05, 4.69) is 0 Å². The summed E-state index contributed by atoms with van der Waals surface area (Å²) in [5.41, 5.74) is 2.04. The van der Waals surface area contributed by atoms with E-state index in [1.54, 1.807) is 18.2 Å². The Hall–Kier alpha value is -3.26. The molecule has 192 valence electrons. The molecule has 2 aromatic rings. The Morgan fingerprint density at radius 1 is 1.25 bits per heavy atom. The van der Waals surface area contributed by atoms with E-state index in [1.165, 1.54) is 7.11 Å². The number of esters is 1. The molecule has 1 aliphatic carbocycles. The van der Waals surface area contributed by atoms with Crippen molar-refractivity contribution >= 4 is 12.1 Å². The monoisotopic (exact) mass is 495 g/mol. The van der Waals surface area contributed by atoms with Gasteiger partial charge >= 0.3 is 12.1 Å². The largest absolute Gasteiger partial charge is 0.495 e. The summed E-state index contributed by atoms with van der Waals surface area (Å²) >= 11 is 0. The number of hydrogen-bond donors (Lipinski definition) is 1. The molecule has 2 heterocycles. The Labute approximate surface area is 211 Å². The van der Waals surface area contributed by atoms with E-state index in [0.717, 1.165) is 31.4 Å². The molecule has 36 heavy (non-hydrogen) atoms. The minimum atomic E-state index is -0.814. The number of fused-ring (bicyclic) bond motifs is 4. The third-order valence-electron chi connectivity index (χ3n) is 7.30. The molecule has 8 nitrogen and oxygen atoms in total. The number of ether oxygens (including phenoxy) is 4. The Kier molecular flexibility index (Phi) is 6.55. The van der Waals surface area contributed by atoms with Crippen LogP contribution in [0.2, 0.25) is 0 Å². The van der Waals surface area contributed by atoms with Crippen LogP contribution in [-0.2, 0) is 11.3 Å². The third kappa shape index (κ3) is 4.50. The first-order valence-electron chi connectivity index (χ1n) is 12.6.